The van der Waals surface area contributed by atoms with Crippen LogP contribution in [0, 0.1) is 5.92 Å². The SMILES string of the molecule is CCNC(=NCc1cccc(CN2CCCCCC2)c1)N1CCC(COCCOC)C1.I. The molecule has 2 aliphatic rings. The van der Waals surface area contributed by atoms with Gasteiger partial charge in [-0.15, -0.1) is 24.0 Å². The molecule has 2 heterocycles. The number of ether oxygens (including phenoxy) is 2. The van der Waals surface area contributed by atoms with Crippen molar-refractivity contribution >= 4 is 29.9 Å². The molecule has 0 radical (unpaired) electrons. The number of guanidine groups is 1. The van der Waals surface area contributed by atoms with E-state index in [2.05, 4.69) is 46.3 Å². The van der Waals surface area contributed by atoms with E-state index in [0.29, 0.717) is 19.1 Å². The topological polar surface area (TPSA) is 49.3 Å². The summed E-state index contributed by atoms with van der Waals surface area (Å²) >= 11 is 0. The van der Waals surface area contributed by atoms with E-state index in [-0.39, 0.29) is 24.0 Å². The Bertz CT molecular complexity index is 665. The highest BCUT2D eigenvalue weighted by Crippen LogP contribution is 2.18. The lowest BCUT2D eigenvalue weighted by atomic mass is 10.1. The Morgan fingerprint density at radius 3 is 2.62 bits per heavy atom. The van der Waals surface area contributed by atoms with E-state index in [1.807, 2.05) is 0 Å². The number of nitrogens with one attached hydrogen (secondary N) is 1. The van der Waals surface area contributed by atoms with Crippen molar-refractivity contribution in [1.82, 2.24) is 15.1 Å². The number of nitrogens with zero attached hydrogens (tertiary/aromatic N) is 3. The Morgan fingerprint density at radius 1 is 1.09 bits per heavy atom. The van der Waals surface area contributed by atoms with Gasteiger partial charge in [-0.1, -0.05) is 37.1 Å². The first kappa shape index (κ1) is 27.3. The third-order valence-corrected chi connectivity index (χ3v) is 6.21. The largest absolute Gasteiger partial charge is 0.382 e. The van der Waals surface area contributed by atoms with Crippen LogP contribution in [-0.2, 0) is 22.6 Å². The van der Waals surface area contributed by atoms with Gasteiger partial charge < -0.3 is 19.7 Å². The molecular weight excluding hydrogens is 515 g/mol. The molecule has 1 aromatic carbocycles. The summed E-state index contributed by atoms with van der Waals surface area (Å²) in [6.45, 7) is 11.5. The highest BCUT2D eigenvalue weighted by molar-refractivity contribution is 14.0. The Hall–Kier alpha value is -0.900. The maximum atomic E-state index is 5.74. The van der Waals surface area contributed by atoms with Crippen LogP contribution in [0.25, 0.3) is 0 Å². The minimum absolute atomic E-state index is 0. The van der Waals surface area contributed by atoms with E-state index in [1.54, 1.807) is 7.11 Å². The molecule has 182 valence electrons. The molecule has 0 saturated carbocycles. The summed E-state index contributed by atoms with van der Waals surface area (Å²) in [7, 11) is 1.71. The van der Waals surface area contributed by atoms with Crippen LogP contribution >= 0.6 is 24.0 Å². The molecule has 6 nitrogen and oxygen atoms in total. The lowest BCUT2D eigenvalue weighted by Crippen LogP contribution is -2.40. The van der Waals surface area contributed by atoms with Crippen LogP contribution in [0.2, 0.25) is 0 Å². The second-order valence-electron chi connectivity index (χ2n) is 8.85. The molecule has 0 bridgehead atoms. The molecule has 7 heteroatoms. The van der Waals surface area contributed by atoms with E-state index >= 15 is 0 Å². The summed E-state index contributed by atoms with van der Waals surface area (Å²) in [4.78, 5) is 9.96. The van der Waals surface area contributed by atoms with E-state index in [1.165, 1.54) is 49.9 Å². The van der Waals surface area contributed by atoms with Gasteiger partial charge in [0.1, 0.15) is 0 Å². The van der Waals surface area contributed by atoms with Crippen LogP contribution in [0.3, 0.4) is 0 Å². The van der Waals surface area contributed by atoms with Crippen molar-refractivity contribution in [1.29, 1.82) is 0 Å². The molecule has 2 saturated heterocycles. The summed E-state index contributed by atoms with van der Waals surface area (Å²) in [5, 5.41) is 3.49. The molecular formula is C25H43IN4O2. The number of benzene rings is 1. The van der Waals surface area contributed by atoms with Crippen LogP contribution in [0.1, 0.15) is 50.2 Å². The van der Waals surface area contributed by atoms with E-state index in [0.717, 1.165) is 51.7 Å². The lowest BCUT2D eigenvalue weighted by molar-refractivity contribution is 0.0536. The average molecular weight is 559 g/mol. The van der Waals surface area contributed by atoms with Gasteiger partial charge in [-0.25, -0.2) is 4.99 Å². The predicted molar refractivity (Wildman–Crippen MR) is 143 cm³/mol. The van der Waals surface area contributed by atoms with Gasteiger partial charge >= 0.3 is 0 Å². The molecule has 1 aromatic rings. The Balaban J connectivity index is 0.00000363. The number of rotatable bonds is 10. The zero-order valence-corrected chi connectivity index (χ0v) is 22.4. The van der Waals surface area contributed by atoms with Gasteiger partial charge in [0.05, 0.1) is 26.4 Å². The van der Waals surface area contributed by atoms with Gasteiger partial charge in [0, 0.05) is 39.2 Å². The second-order valence-corrected chi connectivity index (χ2v) is 8.85. The first-order valence-corrected chi connectivity index (χ1v) is 12.2. The zero-order chi connectivity index (χ0) is 21.7. The van der Waals surface area contributed by atoms with Crippen molar-refractivity contribution in [3.8, 4) is 0 Å². The maximum absolute atomic E-state index is 5.74. The molecule has 2 aliphatic heterocycles. The number of aliphatic imine (C=N–C) groups is 1. The zero-order valence-electron chi connectivity index (χ0n) is 20.1. The lowest BCUT2D eigenvalue weighted by Gasteiger charge is -2.22. The molecule has 32 heavy (non-hydrogen) atoms. The van der Waals surface area contributed by atoms with Crippen LogP contribution < -0.4 is 5.32 Å². The number of hydrogen-bond acceptors (Lipinski definition) is 4. The van der Waals surface area contributed by atoms with Crippen molar-refractivity contribution in [2.45, 2.75) is 52.1 Å². The summed E-state index contributed by atoms with van der Waals surface area (Å²) in [6, 6.07) is 9.00. The summed E-state index contributed by atoms with van der Waals surface area (Å²) in [5.41, 5.74) is 2.70. The van der Waals surface area contributed by atoms with Crippen LogP contribution in [-0.4, -0.2) is 75.4 Å². The second kappa shape index (κ2) is 15.9. The maximum Gasteiger partial charge on any atom is 0.194 e. The van der Waals surface area contributed by atoms with Crippen molar-refractivity contribution in [2.75, 3.05) is 59.7 Å². The normalized spacial score (nSPS) is 20.1. The van der Waals surface area contributed by atoms with Crippen LogP contribution in [0.4, 0.5) is 0 Å². The van der Waals surface area contributed by atoms with Gasteiger partial charge in [-0.3, -0.25) is 4.90 Å². The molecule has 1 unspecified atom stereocenters. The minimum atomic E-state index is 0. The van der Waals surface area contributed by atoms with Crippen molar-refractivity contribution in [3.63, 3.8) is 0 Å². The highest BCUT2D eigenvalue weighted by atomic mass is 127. The van der Waals surface area contributed by atoms with Crippen molar-refractivity contribution in [3.05, 3.63) is 35.4 Å². The van der Waals surface area contributed by atoms with Gasteiger partial charge in [-0.2, -0.15) is 0 Å². The smallest absolute Gasteiger partial charge is 0.194 e. The van der Waals surface area contributed by atoms with Crippen molar-refractivity contribution in [2.24, 2.45) is 10.9 Å². The third-order valence-electron chi connectivity index (χ3n) is 6.21. The summed E-state index contributed by atoms with van der Waals surface area (Å²) in [5.74, 6) is 1.59. The molecule has 1 N–H and O–H groups in total. The molecule has 0 aliphatic carbocycles. The molecule has 0 spiro atoms. The van der Waals surface area contributed by atoms with E-state index in [9.17, 15) is 0 Å². The third kappa shape index (κ3) is 9.53. The molecule has 0 amide bonds. The monoisotopic (exact) mass is 558 g/mol. The molecule has 3 rings (SSSR count). The fraction of sp³-hybridized carbons (Fsp3) is 0.720. The summed E-state index contributed by atoms with van der Waals surface area (Å²) in [6.07, 6.45) is 6.60. The average Bonchev–Trinajstić information content (AvgIpc) is 3.10. The van der Waals surface area contributed by atoms with Gasteiger partial charge in [-0.05, 0) is 50.4 Å². The van der Waals surface area contributed by atoms with Gasteiger partial charge in [0.25, 0.3) is 0 Å². The molecule has 1 atom stereocenters. The highest BCUT2D eigenvalue weighted by Gasteiger charge is 2.25. The fourth-order valence-electron chi connectivity index (χ4n) is 4.52. The Labute approximate surface area is 212 Å². The van der Waals surface area contributed by atoms with Gasteiger partial charge in [0.2, 0.25) is 0 Å². The van der Waals surface area contributed by atoms with E-state index < -0.39 is 0 Å². The number of likely N-dealkylation sites (tertiary alicyclic amines) is 2. The molecule has 2 fully saturated rings. The number of halogens is 1. The first-order valence-electron chi connectivity index (χ1n) is 12.2. The predicted octanol–water partition coefficient (Wildman–Crippen LogP) is 4.13. The minimum Gasteiger partial charge on any atom is -0.382 e. The van der Waals surface area contributed by atoms with Gasteiger partial charge in [0.15, 0.2) is 5.96 Å². The Kier molecular flexibility index (Phi) is 13.5. The van der Waals surface area contributed by atoms with Crippen LogP contribution in [0.5, 0.6) is 0 Å². The van der Waals surface area contributed by atoms with E-state index in [4.69, 9.17) is 14.5 Å². The quantitative estimate of drug-likeness (QED) is 0.203. The first-order chi connectivity index (χ1) is 15.3. The number of methoxy groups -OCH3 is 1. The standard InChI is InChI=1S/C25H42N4O2.HI/c1-3-26-25(29-14-11-24(20-29)21-31-16-15-30-2)27-18-22-9-8-10-23(17-22)19-28-12-6-4-5-7-13-28;/h8-10,17,24H,3-7,11-16,18-21H2,1-2H3,(H,26,27);1H. The van der Waals surface area contributed by atoms with Crippen molar-refractivity contribution < 1.29 is 9.47 Å². The summed E-state index contributed by atoms with van der Waals surface area (Å²) < 4.78 is 10.8. The fourth-order valence-corrected chi connectivity index (χ4v) is 4.52. The molecule has 0 aromatic heterocycles. The number of hydrogen-bond donors (Lipinski definition) is 1. The Morgan fingerprint density at radius 2 is 1.88 bits per heavy atom. The van der Waals surface area contributed by atoms with Crippen LogP contribution in [0.15, 0.2) is 29.3 Å².